The van der Waals surface area contributed by atoms with Crippen LogP contribution in [0.5, 0.6) is 0 Å². The van der Waals surface area contributed by atoms with E-state index in [9.17, 15) is 9.59 Å². The molecule has 170 valence electrons. The van der Waals surface area contributed by atoms with Crippen LogP contribution in [-0.2, 0) is 33.8 Å². The van der Waals surface area contributed by atoms with Crippen molar-refractivity contribution < 1.29 is 34.1 Å². The van der Waals surface area contributed by atoms with Crippen LogP contribution in [0.25, 0.3) is 0 Å². The molecule has 11 heteroatoms. The van der Waals surface area contributed by atoms with Crippen molar-refractivity contribution in [3.63, 3.8) is 0 Å². The molecule has 0 bridgehead atoms. The molecule has 1 aromatic rings. The van der Waals surface area contributed by atoms with Crippen LogP contribution in [0.4, 0.5) is 0 Å². The van der Waals surface area contributed by atoms with Crippen molar-refractivity contribution in [2.45, 2.75) is 76.1 Å². The minimum atomic E-state index is -0.989. The molecule has 1 unspecified atom stereocenters. The van der Waals surface area contributed by atoms with Gasteiger partial charge in [0.05, 0.1) is 5.69 Å². The predicted molar refractivity (Wildman–Crippen MR) is 114 cm³/mol. The maximum atomic E-state index is 10.2. The lowest BCUT2D eigenvalue weighted by Gasteiger charge is -2.25. The van der Waals surface area contributed by atoms with E-state index in [1.54, 1.807) is 6.20 Å². The van der Waals surface area contributed by atoms with Gasteiger partial charge in [0.25, 0.3) is 11.8 Å². The summed E-state index contributed by atoms with van der Waals surface area (Å²) in [5, 5.41) is 17.3. The van der Waals surface area contributed by atoms with Gasteiger partial charge in [-0.15, -0.1) is 17.0 Å². The number of thiol groups is 2. The molecule has 2 rings (SSSR count). The molecule has 0 radical (unpaired) electrons. The molecule has 1 aliphatic rings. The number of nitrogens with zero attached hydrogens (tertiary/aromatic N) is 2. The van der Waals surface area contributed by atoms with Crippen LogP contribution in [0.15, 0.2) is 24.4 Å². The number of carbonyl (C=O) groups excluding carboxylic acids is 2. The van der Waals surface area contributed by atoms with Gasteiger partial charge in [-0.3, -0.25) is 19.8 Å². The number of aromatic nitrogens is 1. The molecule has 1 fully saturated rings. The van der Waals surface area contributed by atoms with E-state index in [1.165, 1.54) is 32.1 Å². The maximum absolute atomic E-state index is 10.2. The summed E-state index contributed by atoms with van der Waals surface area (Å²) in [4.78, 5) is 29.0. The van der Waals surface area contributed by atoms with E-state index in [-0.39, 0.29) is 17.9 Å². The zero-order valence-electron chi connectivity index (χ0n) is 17.1. The van der Waals surface area contributed by atoms with Gasteiger partial charge in [-0.2, -0.15) is 9.95 Å². The summed E-state index contributed by atoms with van der Waals surface area (Å²) in [6.07, 6.45) is 11.1. The fourth-order valence-electron chi connectivity index (χ4n) is 2.78. The van der Waals surface area contributed by atoms with Gasteiger partial charge in [-0.25, -0.2) is 0 Å². The molecular formula is C19H30N2O7S2. The first-order chi connectivity index (χ1) is 14.4. The molecule has 1 saturated heterocycles. The highest BCUT2D eigenvalue weighted by atomic mass is 32.1. The predicted octanol–water partition coefficient (Wildman–Crippen LogP) is 4.49. The molecule has 1 aromatic heterocycles. The Kier molecular flexibility index (Phi) is 13.9. The zero-order chi connectivity index (χ0) is 22.2. The van der Waals surface area contributed by atoms with Crippen molar-refractivity contribution in [3.8, 4) is 0 Å². The average Bonchev–Trinajstić information content (AvgIpc) is 3.05. The topological polar surface area (TPSA) is 107 Å². The highest BCUT2D eigenvalue weighted by Gasteiger charge is 2.32. The van der Waals surface area contributed by atoms with Crippen LogP contribution in [0.2, 0.25) is 0 Å². The molecule has 2 amide bonds. The third-order valence-corrected chi connectivity index (χ3v) is 5.03. The molecule has 30 heavy (non-hydrogen) atoms. The second-order valence-electron chi connectivity index (χ2n) is 6.76. The number of carbonyl (C=O) groups is 2. The van der Waals surface area contributed by atoms with Gasteiger partial charge < -0.3 is 0 Å². The van der Waals surface area contributed by atoms with Crippen LogP contribution < -0.4 is 0 Å². The summed E-state index contributed by atoms with van der Waals surface area (Å²) >= 11 is 7.97. The Morgan fingerprint density at radius 3 is 2.20 bits per heavy atom. The van der Waals surface area contributed by atoms with Crippen molar-refractivity contribution in [1.82, 2.24) is 10.0 Å². The van der Waals surface area contributed by atoms with E-state index in [0.29, 0.717) is 12.1 Å². The van der Waals surface area contributed by atoms with E-state index in [4.69, 9.17) is 10.1 Å². The van der Waals surface area contributed by atoms with Gasteiger partial charge in [-0.1, -0.05) is 51.5 Å². The van der Waals surface area contributed by atoms with E-state index in [0.717, 1.165) is 12.8 Å². The summed E-state index contributed by atoms with van der Waals surface area (Å²) in [5.41, 5.74) is 0.659. The Hall–Kier alpha value is -1.21. The SMILES string of the molecule is CCCCCCCCCC(S)(OOOOS)c1ccccn1.O=C1CCC(=O)N1O. The number of pyridine rings is 1. The molecule has 0 saturated carbocycles. The number of hydroxylamine groups is 2. The van der Waals surface area contributed by atoms with Gasteiger partial charge in [-0.05, 0) is 35.1 Å². The largest absolute Gasteiger partial charge is 0.279 e. The Balaban J connectivity index is 0.000000467. The first-order valence-corrected chi connectivity index (χ1v) is 10.8. The highest BCUT2D eigenvalue weighted by molar-refractivity contribution is 7.81. The molecule has 0 aromatic carbocycles. The molecule has 1 N–H and O–H groups in total. The van der Waals surface area contributed by atoms with Crippen LogP contribution in [-0.4, -0.2) is 27.1 Å². The first-order valence-electron chi connectivity index (χ1n) is 9.95. The monoisotopic (exact) mass is 462 g/mol. The molecular weight excluding hydrogens is 432 g/mol. The third kappa shape index (κ3) is 10.2. The van der Waals surface area contributed by atoms with Crippen LogP contribution in [0.3, 0.4) is 0 Å². The van der Waals surface area contributed by atoms with Crippen molar-refractivity contribution in [2.24, 2.45) is 0 Å². The molecule has 2 heterocycles. The number of hydrogen-bond donors (Lipinski definition) is 3. The molecule has 9 nitrogen and oxygen atoms in total. The van der Waals surface area contributed by atoms with Gasteiger partial charge in [0.1, 0.15) is 0 Å². The van der Waals surface area contributed by atoms with Crippen molar-refractivity contribution in [3.05, 3.63) is 30.1 Å². The Morgan fingerprint density at radius 2 is 1.70 bits per heavy atom. The lowest BCUT2D eigenvalue weighted by atomic mass is 10.0. The number of hydrogen-bond acceptors (Lipinski definition) is 10. The molecule has 0 aliphatic carbocycles. The number of unbranched alkanes of at least 4 members (excludes halogenated alkanes) is 6. The summed E-state index contributed by atoms with van der Waals surface area (Å²) in [6, 6.07) is 5.54. The third-order valence-electron chi connectivity index (χ3n) is 4.44. The van der Waals surface area contributed by atoms with Gasteiger partial charge in [0.2, 0.25) is 0 Å². The smallest absolute Gasteiger partial charge is 0.253 e. The van der Waals surface area contributed by atoms with E-state index in [1.807, 2.05) is 18.2 Å². The van der Waals surface area contributed by atoms with E-state index >= 15 is 0 Å². The lowest BCUT2D eigenvalue weighted by Crippen LogP contribution is -2.24. The second kappa shape index (κ2) is 15.6. The van der Waals surface area contributed by atoms with Crippen LogP contribution >= 0.6 is 25.5 Å². The van der Waals surface area contributed by atoms with E-state index < -0.39 is 16.7 Å². The average molecular weight is 463 g/mol. The lowest BCUT2D eigenvalue weighted by molar-refractivity contribution is -0.619. The second-order valence-corrected chi connectivity index (χ2v) is 7.64. The normalized spacial score (nSPS) is 15.7. The minimum absolute atomic E-state index is 0.148. The molecule has 1 atom stereocenters. The first kappa shape index (κ1) is 26.8. The van der Waals surface area contributed by atoms with Crippen molar-refractivity contribution in [2.75, 3.05) is 0 Å². The maximum Gasteiger partial charge on any atom is 0.253 e. The van der Waals surface area contributed by atoms with Crippen molar-refractivity contribution in [1.29, 1.82) is 0 Å². The Labute approximate surface area is 187 Å². The fraction of sp³-hybridized carbons (Fsp3) is 0.632. The van der Waals surface area contributed by atoms with Gasteiger partial charge in [0, 0.05) is 31.9 Å². The zero-order valence-corrected chi connectivity index (χ0v) is 18.9. The summed E-state index contributed by atoms with van der Waals surface area (Å²) in [5.74, 6) is -1.01. The van der Waals surface area contributed by atoms with Gasteiger partial charge in [0.15, 0.2) is 4.93 Å². The Bertz CT molecular complexity index is 608. The highest BCUT2D eigenvalue weighted by Crippen LogP contribution is 2.35. The quantitative estimate of drug-likeness (QED) is 0.0575. The fourth-order valence-corrected chi connectivity index (χ4v) is 3.12. The Morgan fingerprint density at radius 1 is 1.07 bits per heavy atom. The summed E-state index contributed by atoms with van der Waals surface area (Å²) in [7, 11) is 0. The molecule has 1 aliphatic heterocycles. The summed E-state index contributed by atoms with van der Waals surface area (Å²) < 4.78 is 4.05. The molecule has 0 spiro atoms. The van der Waals surface area contributed by atoms with E-state index in [2.05, 4.69) is 51.9 Å². The number of rotatable bonds is 13. The van der Waals surface area contributed by atoms with Crippen LogP contribution in [0.1, 0.15) is 76.8 Å². The minimum Gasteiger partial charge on any atom is -0.279 e. The number of imide groups is 1. The van der Waals surface area contributed by atoms with Gasteiger partial charge >= 0.3 is 0 Å². The standard InChI is InChI=1S/C15H25NO4S2.C4H5NO3/c1-2-3-4-5-6-7-9-12-15(21,17-18-19-20-22)14-11-8-10-13-16-14;6-3-1-2-4(7)5(3)8/h8,10-11,13,21-22H,2-7,9,12H2,1H3;8H,1-2H2. The van der Waals surface area contributed by atoms with Crippen molar-refractivity contribution >= 4 is 37.4 Å². The van der Waals surface area contributed by atoms with Crippen LogP contribution in [0, 0.1) is 0 Å². The number of amides is 2. The summed E-state index contributed by atoms with van der Waals surface area (Å²) in [6.45, 7) is 2.22.